The third-order valence-electron chi connectivity index (χ3n) is 4.04. The molecule has 0 spiro atoms. The van der Waals surface area contributed by atoms with Crippen molar-refractivity contribution >= 4 is 11.2 Å². The number of fused-ring (bicyclic) bond motifs is 1. The Morgan fingerprint density at radius 3 is 2.55 bits per heavy atom. The molecule has 2 aromatic heterocycles. The molecule has 1 atom stereocenters. The maximum Gasteiger partial charge on any atom is 0.281 e. The van der Waals surface area contributed by atoms with E-state index in [1.165, 1.54) is 49.0 Å². The lowest BCUT2D eigenvalue weighted by Crippen LogP contribution is -2.37. The van der Waals surface area contributed by atoms with E-state index in [9.17, 15) is 9.90 Å². The molecule has 1 aliphatic heterocycles. The van der Waals surface area contributed by atoms with E-state index in [4.69, 9.17) is 0 Å². The average Bonchev–Trinajstić information content (AvgIpc) is 2.79. The first kappa shape index (κ1) is 15.1. The molecule has 1 unspecified atom stereocenters. The summed E-state index contributed by atoms with van der Waals surface area (Å²) in [5, 5.41) is 10.3. The third-order valence-corrected chi connectivity index (χ3v) is 4.04. The van der Waals surface area contributed by atoms with Gasteiger partial charge in [-0.1, -0.05) is 12.8 Å². The number of β-amino-alcohol motifs (C(OH)–C–C–N with tert-alkyl or cyclic N) is 1. The van der Waals surface area contributed by atoms with Crippen LogP contribution in [0.4, 0.5) is 0 Å². The van der Waals surface area contributed by atoms with Crippen molar-refractivity contribution < 1.29 is 5.11 Å². The molecule has 118 valence electrons. The predicted octanol–water partition coefficient (Wildman–Crippen LogP) is 0.423. The van der Waals surface area contributed by atoms with Crippen LogP contribution in [0, 0.1) is 0 Å². The van der Waals surface area contributed by atoms with Crippen LogP contribution in [-0.4, -0.2) is 55.3 Å². The van der Waals surface area contributed by atoms with Crippen molar-refractivity contribution in [3.05, 3.63) is 29.1 Å². The number of hydrogen-bond acceptors (Lipinski definition) is 6. The Bertz CT molecular complexity index is 679. The van der Waals surface area contributed by atoms with Gasteiger partial charge in [0.1, 0.15) is 6.33 Å². The molecule has 1 aliphatic rings. The fourth-order valence-corrected chi connectivity index (χ4v) is 2.92. The Hall–Kier alpha value is -1.86. The predicted molar refractivity (Wildman–Crippen MR) is 82.5 cm³/mol. The number of aromatic nitrogens is 4. The molecule has 22 heavy (non-hydrogen) atoms. The second kappa shape index (κ2) is 6.93. The Balaban J connectivity index is 1.69. The molecule has 0 aromatic carbocycles. The van der Waals surface area contributed by atoms with Crippen LogP contribution in [-0.2, 0) is 6.54 Å². The molecule has 7 nitrogen and oxygen atoms in total. The first-order valence-electron chi connectivity index (χ1n) is 7.80. The van der Waals surface area contributed by atoms with Crippen molar-refractivity contribution in [1.82, 2.24) is 24.4 Å². The molecule has 0 aliphatic carbocycles. The van der Waals surface area contributed by atoms with Crippen molar-refractivity contribution in [2.45, 2.75) is 38.3 Å². The lowest BCUT2D eigenvalue weighted by Gasteiger charge is -2.23. The molecular formula is C15H21N5O2. The summed E-state index contributed by atoms with van der Waals surface area (Å²) >= 11 is 0. The first-order chi connectivity index (χ1) is 10.7. The molecule has 0 bridgehead atoms. The van der Waals surface area contributed by atoms with Gasteiger partial charge in [-0.2, -0.15) is 0 Å². The fraction of sp³-hybridized carbons (Fsp3) is 0.600. The van der Waals surface area contributed by atoms with Crippen molar-refractivity contribution in [2.24, 2.45) is 0 Å². The average molecular weight is 303 g/mol. The zero-order chi connectivity index (χ0) is 15.4. The summed E-state index contributed by atoms with van der Waals surface area (Å²) in [6.45, 7) is 2.86. The van der Waals surface area contributed by atoms with E-state index in [2.05, 4.69) is 19.9 Å². The summed E-state index contributed by atoms with van der Waals surface area (Å²) in [7, 11) is 0. The summed E-state index contributed by atoms with van der Waals surface area (Å²) in [5.74, 6) is 0. The minimum absolute atomic E-state index is 0.231. The highest BCUT2D eigenvalue weighted by atomic mass is 16.3. The Kier molecular flexibility index (Phi) is 4.74. The van der Waals surface area contributed by atoms with Gasteiger partial charge in [-0.25, -0.2) is 15.0 Å². The molecular weight excluding hydrogens is 282 g/mol. The summed E-state index contributed by atoms with van der Waals surface area (Å²) in [5.41, 5.74) is 0.325. The number of rotatable bonds is 4. The summed E-state index contributed by atoms with van der Waals surface area (Å²) in [4.78, 5) is 26.7. The van der Waals surface area contributed by atoms with Gasteiger partial charge in [0.05, 0.1) is 12.6 Å². The monoisotopic (exact) mass is 303 g/mol. The highest BCUT2D eigenvalue weighted by Crippen LogP contribution is 2.10. The maximum atomic E-state index is 12.3. The summed E-state index contributed by atoms with van der Waals surface area (Å²) < 4.78 is 1.42. The zero-order valence-corrected chi connectivity index (χ0v) is 12.6. The number of aliphatic hydroxyl groups is 1. The van der Waals surface area contributed by atoms with Crippen LogP contribution in [0.15, 0.2) is 23.5 Å². The fourth-order valence-electron chi connectivity index (χ4n) is 2.92. The highest BCUT2D eigenvalue weighted by Gasteiger charge is 2.15. The zero-order valence-electron chi connectivity index (χ0n) is 12.6. The van der Waals surface area contributed by atoms with Crippen molar-refractivity contribution in [1.29, 1.82) is 0 Å². The molecule has 0 amide bonds. The number of likely N-dealkylation sites (tertiary alicyclic amines) is 1. The van der Waals surface area contributed by atoms with Crippen molar-refractivity contribution in [3.8, 4) is 0 Å². The molecule has 2 aromatic rings. The second-order valence-electron chi connectivity index (χ2n) is 5.80. The van der Waals surface area contributed by atoms with E-state index >= 15 is 0 Å². The summed E-state index contributed by atoms with van der Waals surface area (Å²) in [6.07, 6.45) is 8.71. The van der Waals surface area contributed by atoms with Gasteiger partial charge in [0.15, 0.2) is 11.2 Å². The Labute approximate surface area is 128 Å². The number of nitrogens with zero attached hydrogens (tertiary/aromatic N) is 5. The highest BCUT2D eigenvalue weighted by molar-refractivity contribution is 5.66. The number of aliphatic hydroxyl groups excluding tert-OH is 1. The molecule has 3 heterocycles. The minimum atomic E-state index is -0.591. The quantitative estimate of drug-likeness (QED) is 0.881. The lowest BCUT2D eigenvalue weighted by molar-refractivity contribution is 0.0986. The second-order valence-corrected chi connectivity index (χ2v) is 5.80. The van der Waals surface area contributed by atoms with Gasteiger partial charge >= 0.3 is 0 Å². The number of hydrogen-bond donors (Lipinski definition) is 1. The van der Waals surface area contributed by atoms with E-state index in [1.807, 2.05) is 0 Å². The smallest absolute Gasteiger partial charge is 0.281 e. The topological polar surface area (TPSA) is 84.1 Å². The molecule has 3 rings (SSSR count). The van der Waals surface area contributed by atoms with Crippen molar-refractivity contribution in [3.63, 3.8) is 0 Å². The van der Waals surface area contributed by atoms with Gasteiger partial charge in [0.25, 0.3) is 5.56 Å². The van der Waals surface area contributed by atoms with Gasteiger partial charge in [0.2, 0.25) is 0 Å². The molecule has 0 saturated carbocycles. The molecule has 7 heteroatoms. The standard InChI is InChI=1S/C15H21N5O2/c21-12(9-19-7-3-1-2-4-8-19)10-20-11-18-14-13(15(20)22)16-5-6-17-14/h5-6,11-12,21H,1-4,7-10H2. The van der Waals surface area contributed by atoms with Crippen LogP contribution in [0.5, 0.6) is 0 Å². The van der Waals surface area contributed by atoms with E-state index in [1.54, 1.807) is 0 Å². The van der Waals surface area contributed by atoms with Crippen LogP contribution >= 0.6 is 0 Å². The van der Waals surface area contributed by atoms with Crippen LogP contribution in [0.1, 0.15) is 25.7 Å². The van der Waals surface area contributed by atoms with Crippen LogP contribution in [0.2, 0.25) is 0 Å². The molecule has 1 fully saturated rings. The van der Waals surface area contributed by atoms with Crippen molar-refractivity contribution in [2.75, 3.05) is 19.6 Å². The van der Waals surface area contributed by atoms with Gasteiger partial charge < -0.3 is 10.0 Å². The Morgan fingerprint density at radius 2 is 1.77 bits per heavy atom. The summed E-state index contributed by atoms with van der Waals surface area (Å²) in [6, 6.07) is 0. The van der Waals surface area contributed by atoms with Crippen LogP contribution in [0.3, 0.4) is 0 Å². The van der Waals surface area contributed by atoms with Gasteiger partial charge in [0, 0.05) is 18.9 Å². The maximum absolute atomic E-state index is 12.3. The third kappa shape index (κ3) is 3.48. The Morgan fingerprint density at radius 1 is 1.05 bits per heavy atom. The normalized spacial score (nSPS) is 18.2. The minimum Gasteiger partial charge on any atom is -0.390 e. The SMILES string of the molecule is O=c1c2nccnc2ncn1CC(O)CN1CCCCCC1. The van der Waals surface area contributed by atoms with Gasteiger partial charge in [-0.05, 0) is 25.9 Å². The van der Waals surface area contributed by atoms with Crippen LogP contribution in [0.25, 0.3) is 11.2 Å². The molecule has 1 saturated heterocycles. The van der Waals surface area contributed by atoms with E-state index < -0.39 is 6.10 Å². The largest absolute Gasteiger partial charge is 0.390 e. The van der Waals surface area contributed by atoms with E-state index in [0.717, 1.165) is 13.1 Å². The van der Waals surface area contributed by atoms with Gasteiger partial charge in [-0.15, -0.1) is 0 Å². The lowest BCUT2D eigenvalue weighted by atomic mass is 10.2. The molecule has 1 N–H and O–H groups in total. The van der Waals surface area contributed by atoms with E-state index in [0.29, 0.717) is 12.2 Å². The van der Waals surface area contributed by atoms with Crippen LogP contribution < -0.4 is 5.56 Å². The molecule has 0 radical (unpaired) electrons. The van der Waals surface area contributed by atoms with E-state index in [-0.39, 0.29) is 17.6 Å². The first-order valence-corrected chi connectivity index (χ1v) is 7.80. The van der Waals surface area contributed by atoms with Gasteiger partial charge in [-0.3, -0.25) is 9.36 Å².